The number of hydrogen-bond acceptors (Lipinski definition) is 3. The lowest BCUT2D eigenvalue weighted by Gasteiger charge is -2.07. The maximum atomic E-state index is 12.3. The van der Waals surface area contributed by atoms with Gasteiger partial charge in [-0.05, 0) is 24.6 Å². The van der Waals surface area contributed by atoms with Crippen molar-refractivity contribution in [2.45, 2.75) is 19.5 Å². The summed E-state index contributed by atoms with van der Waals surface area (Å²) in [7, 11) is 0. The molecule has 3 rings (SSSR count). The SMILES string of the molecule is O=c1[nH]c2cc(Cl)ccc2c(=O)n1CCCn1ccnc1. The fourth-order valence-electron chi connectivity index (χ4n) is 2.26. The molecule has 0 amide bonds. The fourth-order valence-corrected chi connectivity index (χ4v) is 2.43. The molecule has 0 saturated heterocycles. The smallest absolute Gasteiger partial charge is 0.328 e. The number of aromatic nitrogens is 4. The number of benzene rings is 1. The van der Waals surface area contributed by atoms with Crippen molar-refractivity contribution < 1.29 is 0 Å². The van der Waals surface area contributed by atoms with Crippen LogP contribution < -0.4 is 11.2 Å². The molecule has 0 aliphatic carbocycles. The summed E-state index contributed by atoms with van der Waals surface area (Å²) in [4.78, 5) is 31.0. The topological polar surface area (TPSA) is 72.7 Å². The summed E-state index contributed by atoms with van der Waals surface area (Å²) in [6, 6.07) is 4.84. The number of fused-ring (bicyclic) bond motifs is 1. The van der Waals surface area contributed by atoms with Crippen molar-refractivity contribution in [2.24, 2.45) is 0 Å². The number of aryl methyl sites for hydroxylation is 1. The fraction of sp³-hybridized carbons (Fsp3) is 0.214. The molecule has 1 aromatic carbocycles. The second kappa shape index (κ2) is 5.57. The van der Waals surface area contributed by atoms with E-state index in [9.17, 15) is 9.59 Å². The highest BCUT2D eigenvalue weighted by Crippen LogP contribution is 2.13. The van der Waals surface area contributed by atoms with Crippen LogP contribution in [0.1, 0.15) is 6.42 Å². The zero-order valence-corrected chi connectivity index (χ0v) is 11.9. The minimum atomic E-state index is -0.416. The van der Waals surface area contributed by atoms with Crippen molar-refractivity contribution in [1.82, 2.24) is 19.1 Å². The molecule has 21 heavy (non-hydrogen) atoms. The molecule has 2 aromatic heterocycles. The Labute approximate surface area is 124 Å². The highest BCUT2D eigenvalue weighted by molar-refractivity contribution is 6.31. The lowest BCUT2D eigenvalue weighted by molar-refractivity contribution is 0.538. The lowest BCUT2D eigenvalue weighted by atomic mass is 10.2. The maximum Gasteiger partial charge on any atom is 0.328 e. The Bertz CT molecular complexity index is 880. The largest absolute Gasteiger partial charge is 0.337 e. The van der Waals surface area contributed by atoms with Crippen LogP contribution in [0.3, 0.4) is 0 Å². The third-order valence-electron chi connectivity index (χ3n) is 3.30. The van der Waals surface area contributed by atoms with Crippen molar-refractivity contribution in [1.29, 1.82) is 0 Å². The third kappa shape index (κ3) is 2.75. The minimum Gasteiger partial charge on any atom is -0.337 e. The number of nitrogens with one attached hydrogen (secondary N) is 1. The molecule has 108 valence electrons. The van der Waals surface area contributed by atoms with Crippen LogP contribution >= 0.6 is 11.6 Å². The van der Waals surface area contributed by atoms with Gasteiger partial charge in [0.15, 0.2) is 0 Å². The molecule has 6 nitrogen and oxygen atoms in total. The van der Waals surface area contributed by atoms with Gasteiger partial charge >= 0.3 is 5.69 Å². The molecule has 1 N–H and O–H groups in total. The first-order chi connectivity index (χ1) is 10.1. The normalized spacial score (nSPS) is 11.1. The lowest BCUT2D eigenvalue weighted by Crippen LogP contribution is -2.35. The van der Waals surface area contributed by atoms with E-state index in [1.165, 1.54) is 4.57 Å². The molecule has 0 aliphatic heterocycles. The highest BCUT2D eigenvalue weighted by Gasteiger charge is 2.07. The second-order valence-electron chi connectivity index (χ2n) is 4.73. The van der Waals surface area contributed by atoms with Gasteiger partial charge in [-0.25, -0.2) is 9.78 Å². The number of hydrogen-bond donors (Lipinski definition) is 1. The van der Waals surface area contributed by atoms with Crippen LogP contribution in [0.15, 0.2) is 46.5 Å². The Balaban J connectivity index is 1.90. The van der Waals surface area contributed by atoms with Gasteiger partial charge in [0.2, 0.25) is 0 Å². The summed E-state index contributed by atoms with van der Waals surface area (Å²) in [5, 5.41) is 0.942. The van der Waals surface area contributed by atoms with E-state index >= 15 is 0 Å². The maximum absolute atomic E-state index is 12.3. The van der Waals surface area contributed by atoms with Gasteiger partial charge in [-0.2, -0.15) is 0 Å². The molecule has 0 atom stereocenters. The van der Waals surface area contributed by atoms with Crippen molar-refractivity contribution in [3.05, 3.63) is 62.8 Å². The average Bonchev–Trinajstić information content (AvgIpc) is 2.95. The predicted octanol–water partition coefficient (Wildman–Crippen LogP) is 1.63. The molecule has 2 heterocycles. The standard InChI is InChI=1S/C14H13ClN4O2/c15-10-2-3-11-12(8-10)17-14(21)19(13(11)20)6-1-5-18-7-4-16-9-18/h2-4,7-9H,1,5-6H2,(H,17,21). The molecule has 0 unspecified atom stereocenters. The van der Waals surface area contributed by atoms with Crippen LogP contribution in [0.2, 0.25) is 5.02 Å². The van der Waals surface area contributed by atoms with Crippen LogP contribution in [0.5, 0.6) is 0 Å². The predicted molar refractivity (Wildman–Crippen MR) is 80.7 cm³/mol. The van der Waals surface area contributed by atoms with Gasteiger partial charge in [0.25, 0.3) is 5.56 Å². The van der Waals surface area contributed by atoms with Crippen LogP contribution in [0.4, 0.5) is 0 Å². The number of rotatable bonds is 4. The molecule has 0 aliphatic rings. The van der Waals surface area contributed by atoms with E-state index in [4.69, 9.17) is 11.6 Å². The van der Waals surface area contributed by atoms with Gasteiger partial charge in [-0.3, -0.25) is 9.36 Å². The van der Waals surface area contributed by atoms with Crippen molar-refractivity contribution in [2.75, 3.05) is 0 Å². The number of H-pyrrole nitrogens is 1. The van der Waals surface area contributed by atoms with E-state index in [1.54, 1.807) is 30.7 Å². The van der Waals surface area contributed by atoms with Crippen LogP contribution in [-0.2, 0) is 13.1 Å². The summed E-state index contributed by atoms with van der Waals surface area (Å²) in [6.07, 6.45) is 5.90. The molecule has 0 spiro atoms. The van der Waals surface area contributed by atoms with Gasteiger partial charge in [0.1, 0.15) is 0 Å². The van der Waals surface area contributed by atoms with E-state index < -0.39 is 5.69 Å². The molecule has 0 radical (unpaired) electrons. The van der Waals surface area contributed by atoms with Crippen LogP contribution in [0, 0.1) is 0 Å². The van der Waals surface area contributed by atoms with E-state index in [2.05, 4.69) is 9.97 Å². The minimum absolute atomic E-state index is 0.295. The number of halogens is 1. The molecular weight excluding hydrogens is 292 g/mol. The Morgan fingerprint density at radius 2 is 2.10 bits per heavy atom. The van der Waals surface area contributed by atoms with E-state index in [1.807, 2.05) is 10.8 Å². The summed E-state index contributed by atoms with van der Waals surface area (Å²) >= 11 is 5.86. The van der Waals surface area contributed by atoms with Gasteiger partial charge in [-0.15, -0.1) is 0 Å². The second-order valence-corrected chi connectivity index (χ2v) is 5.17. The molecule has 0 fully saturated rings. The quantitative estimate of drug-likeness (QED) is 0.796. The summed E-state index contributed by atoms with van der Waals surface area (Å²) in [6.45, 7) is 1.05. The van der Waals surface area contributed by atoms with Crippen LogP contribution in [0.25, 0.3) is 10.9 Å². The van der Waals surface area contributed by atoms with Gasteiger partial charge in [-0.1, -0.05) is 11.6 Å². The highest BCUT2D eigenvalue weighted by atomic mass is 35.5. The first kappa shape index (κ1) is 13.6. The molecule has 3 aromatic rings. The van der Waals surface area contributed by atoms with E-state index in [0.29, 0.717) is 35.4 Å². The average molecular weight is 305 g/mol. The zero-order valence-electron chi connectivity index (χ0n) is 11.1. The van der Waals surface area contributed by atoms with E-state index in [0.717, 1.165) is 0 Å². The number of aromatic amines is 1. The Kier molecular flexibility index (Phi) is 3.62. The molecule has 0 bridgehead atoms. The van der Waals surface area contributed by atoms with Crippen LogP contribution in [-0.4, -0.2) is 19.1 Å². The first-order valence-corrected chi connectivity index (χ1v) is 6.91. The first-order valence-electron chi connectivity index (χ1n) is 6.53. The van der Waals surface area contributed by atoms with E-state index in [-0.39, 0.29) is 5.56 Å². The summed E-state index contributed by atoms with van der Waals surface area (Å²) < 4.78 is 3.12. The van der Waals surface area contributed by atoms with Crippen molar-refractivity contribution in [3.63, 3.8) is 0 Å². The Morgan fingerprint density at radius 3 is 2.86 bits per heavy atom. The third-order valence-corrected chi connectivity index (χ3v) is 3.54. The Hall–Kier alpha value is -2.34. The molecule has 0 saturated carbocycles. The zero-order chi connectivity index (χ0) is 14.8. The summed E-state index contributed by atoms with van der Waals surface area (Å²) in [5.41, 5.74) is -0.250. The number of nitrogens with zero attached hydrogens (tertiary/aromatic N) is 3. The summed E-state index contributed by atoms with van der Waals surface area (Å²) in [5.74, 6) is 0. The number of imidazole rings is 1. The van der Waals surface area contributed by atoms with Gasteiger partial charge in [0.05, 0.1) is 17.2 Å². The van der Waals surface area contributed by atoms with Crippen molar-refractivity contribution in [3.8, 4) is 0 Å². The molecule has 7 heteroatoms. The monoisotopic (exact) mass is 304 g/mol. The molecular formula is C14H13ClN4O2. The Morgan fingerprint density at radius 1 is 1.24 bits per heavy atom. The van der Waals surface area contributed by atoms with Crippen molar-refractivity contribution >= 4 is 22.5 Å². The van der Waals surface area contributed by atoms with Gasteiger partial charge < -0.3 is 9.55 Å². The van der Waals surface area contributed by atoms with Gasteiger partial charge in [0, 0.05) is 30.5 Å².